The fraction of sp³-hybridized carbons (Fsp3) is 0.188. The molecule has 7 nitrogen and oxygen atoms in total. The zero-order valence-electron chi connectivity index (χ0n) is 13.9. The van der Waals surface area contributed by atoms with E-state index in [1.54, 1.807) is 13.0 Å². The van der Waals surface area contributed by atoms with Gasteiger partial charge in [0, 0.05) is 17.5 Å². The smallest absolute Gasteiger partial charge is 0.255 e. The Morgan fingerprint density at radius 2 is 1.48 bits per heavy atom. The second-order valence-corrected chi connectivity index (χ2v) is 9.34. The fourth-order valence-electron chi connectivity index (χ4n) is 2.11. The van der Waals surface area contributed by atoms with Crippen molar-refractivity contribution < 1.29 is 21.6 Å². The lowest BCUT2D eigenvalue weighted by molar-refractivity contribution is 0.102. The molecule has 2 aromatic rings. The molecule has 0 aliphatic carbocycles. The van der Waals surface area contributed by atoms with Gasteiger partial charge in [0.05, 0.1) is 9.79 Å². The maximum absolute atomic E-state index is 12.4. The molecule has 0 saturated heterocycles. The number of hydrogen-bond acceptors (Lipinski definition) is 5. The number of nitrogens with one attached hydrogen (secondary N) is 2. The summed E-state index contributed by atoms with van der Waals surface area (Å²) >= 11 is 0. The predicted octanol–water partition coefficient (Wildman–Crippen LogP) is 1.56. The number of rotatable bonds is 5. The summed E-state index contributed by atoms with van der Waals surface area (Å²) in [6, 6.07) is 9.96. The minimum atomic E-state index is -3.55. The molecule has 2 N–H and O–H groups in total. The predicted molar refractivity (Wildman–Crippen MR) is 94.9 cm³/mol. The normalized spacial score (nSPS) is 12.0. The van der Waals surface area contributed by atoms with Gasteiger partial charge in [0.25, 0.3) is 5.91 Å². The number of anilines is 1. The number of sulfone groups is 1. The summed E-state index contributed by atoms with van der Waals surface area (Å²) in [6.07, 6.45) is 1.07. The Hall–Kier alpha value is -2.23. The Morgan fingerprint density at radius 1 is 0.920 bits per heavy atom. The van der Waals surface area contributed by atoms with Crippen LogP contribution in [0, 0.1) is 6.92 Å². The molecule has 0 aliphatic rings. The number of benzene rings is 2. The van der Waals surface area contributed by atoms with Crippen molar-refractivity contribution >= 4 is 31.5 Å². The van der Waals surface area contributed by atoms with Crippen LogP contribution in [0.5, 0.6) is 0 Å². The van der Waals surface area contributed by atoms with Gasteiger partial charge in [-0.2, -0.15) is 0 Å². The lowest BCUT2D eigenvalue weighted by Gasteiger charge is -2.10. The molecule has 25 heavy (non-hydrogen) atoms. The van der Waals surface area contributed by atoms with Gasteiger partial charge in [0.1, 0.15) is 0 Å². The topological polar surface area (TPSA) is 109 Å². The van der Waals surface area contributed by atoms with Crippen molar-refractivity contribution in [1.82, 2.24) is 4.72 Å². The van der Waals surface area contributed by atoms with E-state index >= 15 is 0 Å². The molecule has 9 heteroatoms. The van der Waals surface area contributed by atoms with E-state index in [2.05, 4.69) is 10.0 Å². The first-order chi connectivity index (χ1) is 11.5. The molecule has 134 valence electrons. The van der Waals surface area contributed by atoms with Crippen molar-refractivity contribution in [1.29, 1.82) is 0 Å². The zero-order chi connectivity index (χ0) is 18.8. The van der Waals surface area contributed by atoms with Crippen LogP contribution < -0.4 is 10.0 Å². The van der Waals surface area contributed by atoms with Gasteiger partial charge >= 0.3 is 0 Å². The summed E-state index contributed by atoms with van der Waals surface area (Å²) in [5.41, 5.74) is 1.25. The van der Waals surface area contributed by atoms with Crippen LogP contribution in [0.2, 0.25) is 0 Å². The Kier molecular flexibility index (Phi) is 5.31. The van der Waals surface area contributed by atoms with Crippen LogP contribution in [-0.4, -0.2) is 36.0 Å². The van der Waals surface area contributed by atoms with E-state index in [1.807, 2.05) is 0 Å². The average molecular weight is 382 g/mol. The van der Waals surface area contributed by atoms with Gasteiger partial charge in [-0.1, -0.05) is 6.07 Å². The maximum Gasteiger partial charge on any atom is 0.255 e. The first-order valence-corrected chi connectivity index (χ1v) is 10.6. The minimum Gasteiger partial charge on any atom is -0.322 e. The van der Waals surface area contributed by atoms with E-state index in [0.717, 1.165) is 6.26 Å². The van der Waals surface area contributed by atoms with Crippen molar-refractivity contribution in [3.63, 3.8) is 0 Å². The molecule has 0 atom stereocenters. The largest absolute Gasteiger partial charge is 0.322 e. The van der Waals surface area contributed by atoms with Crippen molar-refractivity contribution in [3.8, 4) is 0 Å². The number of carbonyl (C=O) groups is 1. The second kappa shape index (κ2) is 6.95. The van der Waals surface area contributed by atoms with E-state index in [-0.39, 0.29) is 15.4 Å². The van der Waals surface area contributed by atoms with Gasteiger partial charge in [0.15, 0.2) is 9.84 Å². The van der Waals surface area contributed by atoms with Crippen molar-refractivity contribution in [2.24, 2.45) is 0 Å². The van der Waals surface area contributed by atoms with Gasteiger partial charge < -0.3 is 5.32 Å². The van der Waals surface area contributed by atoms with Crippen LogP contribution in [0.1, 0.15) is 15.9 Å². The quantitative estimate of drug-likeness (QED) is 0.815. The van der Waals surface area contributed by atoms with E-state index in [9.17, 15) is 21.6 Å². The highest BCUT2D eigenvalue weighted by atomic mass is 32.2. The van der Waals surface area contributed by atoms with Crippen LogP contribution in [0.3, 0.4) is 0 Å². The van der Waals surface area contributed by atoms with Crippen molar-refractivity contribution in [2.75, 3.05) is 18.6 Å². The Labute approximate surface area is 147 Å². The summed E-state index contributed by atoms with van der Waals surface area (Å²) in [4.78, 5) is 12.5. The highest BCUT2D eigenvalue weighted by Crippen LogP contribution is 2.19. The van der Waals surface area contributed by atoms with Crippen molar-refractivity contribution in [3.05, 3.63) is 53.6 Å². The fourth-order valence-corrected chi connectivity index (χ4v) is 3.49. The number of aryl methyl sites for hydroxylation is 1. The Balaban J connectivity index is 2.29. The number of sulfonamides is 1. The SMILES string of the molecule is CNS(=O)(=O)c1ccc(NC(=O)c2cc(S(C)(=O)=O)ccc2C)cc1. The summed E-state index contributed by atoms with van der Waals surface area (Å²) in [6.45, 7) is 1.70. The molecule has 0 bridgehead atoms. The lowest BCUT2D eigenvalue weighted by atomic mass is 10.1. The highest BCUT2D eigenvalue weighted by molar-refractivity contribution is 7.90. The summed E-state index contributed by atoms with van der Waals surface area (Å²) in [5, 5.41) is 2.63. The molecule has 2 rings (SSSR count). The van der Waals surface area contributed by atoms with E-state index in [1.165, 1.54) is 43.4 Å². The third kappa shape index (κ3) is 4.44. The van der Waals surface area contributed by atoms with Gasteiger partial charge in [0.2, 0.25) is 10.0 Å². The molecule has 0 aliphatic heterocycles. The molecule has 2 aromatic carbocycles. The van der Waals surface area contributed by atoms with Crippen LogP contribution in [0.4, 0.5) is 5.69 Å². The van der Waals surface area contributed by atoms with E-state index in [4.69, 9.17) is 0 Å². The van der Waals surface area contributed by atoms with E-state index in [0.29, 0.717) is 11.3 Å². The molecule has 0 spiro atoms. The molecular formula is C16H18N2O5S2. The van der Waals surface area contributed by atoms with Gasteiger partial charge in [-0.15, -0.1) is 0 Å². The number of carbonyl (C=O) groups excluding carboxylic acids is 1. The summed E-state index contributed by atoms with van der Waals surface area (Å²) in [5.74, 6) is -0.479. The monoisotopic (exact) mass is 382 g/mol. The van der Waals surface area contributed by atoms with Gasteiger partial charge in [-0.05, 0) is 55.9 Å². The molecule has 0 saturated carbocycles. The lowest BCUT2D eigenvalue weighted by Crippen LogP contribution is -2.18. The summed E-state index contributed by atoms with van der Waals surface area (Å²) in [7, 11) is -5.67. The Bertz CT molecular complexity index is 1010. The van der Waals surface area contributed by atoms with Gasteiger partial charge in [-0.3, -0.25) is 4.79 Å². The standard InChI is InChI=1S/C16H18N2O5S2/c1-11-4-7-14(24(3,20)21)10-15(11)16(19)18-12-5-8-13(9-6-12)25(22,23)17-2/h4-10,17H,1-3H3,(H,18,19). The molecular weight excluding hydrogens is 364 g/mol. The molecule has 0 unspecified atom stereocenters. The highest BCUT2D eigenvalue weighted by Gasteiger charge is 2.15. The van der Waals surface area contributed by atoms with Crippen LogP contribution in [0.25, 0.3) is 0 Å². The van der Waals surface area contributed by atoms with Crippen LogP contribution >= 0.6 is 0 Å². The number of hydrogen-bond donors (Lipinski definition) is 2. The second-order valence-electron chi connectivity index (χ2n) is 5.43. The third-order valence-electron chi connectivity index (χ3n) is 3.57. The van der Waals surface area contributed by atoms with Crippen LogP contribution in [-0.2, 0) is 19.9 Å². The first kappa shape index (κ1) is 19.1. The number of amides is 1. The van der Waals surface area contributed by atoms with Crippen LogP contribution in [0.15, 0.2) is 52.3 Å². The van der Waals surface area contributed by atoms with Gasteiger partial charge in [-0.25, -0.2) is 21.6 Å². The third-order valence-corrected chi connectivity index (χ3v) is 6.11. The molecule has 0 radical (unpaired) electrons. The molecule has 0 aromatic heterocycles. The summed E-state index contributed by atoms with van der Waals surface area (Å²) < 4.78 is 48.8. The molecule has 0 fully saturated rings. The van der Waals surface area contributed by atoms with E-state index < -0.39 is 25.8 Å². The average Bonchev–Trinajstić information content (AvgIpc) is 2.54. The first-order valence-electron chi connectivity index (χ1n) is 7.20. The zero-order valence-corrected chi connectivity index (χ0v) is 15.5. The molecule has 1 amide bonds. The Morgan fingerprint density at radius 3 is 2.00 bits per heavy atom. The molecule has 0 heterocycles. The van der Waals surface area contributed by atoms with Crippen molar-refractivity contribution in [2.45, 2.75) is 16.7 Å². The maximum atomic E-state index is 12.4. The minimum absolute atomic E-state index is 0.0544.